The molecule has 0 fully saturated rings. The summed E-state index contributed by atoms with van der Waals surface area (Å²) in [5, 5.41) is 10.8. The lowest BCUT2D eigenvalue weighted by Crippen LogP contribution is -2.28. The molecule has 0 aliphatic heterocycles. The lowest BCUT2D eigenvalue weighted by Gasteiger charge is -2.25. The van der Waals surface area contributed by atoms with E-state index in [2.05, 4.69) is 6.58 Å². The Morgan fingerprint density at radius 1 is 1.16 bits per heavy atom. The van der Waals surface area contributed by atoms with Crippen LogP contribution in [0.15, 0.2) is 66.7 Å². The van der Waals surface area contributed by atoms with E-state index in [4.69, 9.17) is 4.74 Å². The molecule has 2 aromatic rings. The van der Waals surface area contributed by atoms with Crippen molar-refractivity contribution in [1.82, 2.24) is 0 Å². The number of hydrogen-bond acceptors (Lipinski definition) is 5. The second kappa shape index (κ2) is 8.63. The van der Waals surface area contributed by atoms with Crippen molar-refractivity contribution in [2.45, 2.75) is 13.5 Å². The molecule has 0 aliphatic carbocycles. The molecule has 130 valence electrons. The van der Waals surface area contributed by atoms with Crippen molar-refractivity contribution in [2.24, 2.45) is 0 Å². The summed E-state index contributed by atoms with van der Waals surface area (Å²) >= 11 is 0. The molecule has 0 bridgehead atoms. The minimum Gasteiger partial charge on any atom is -0.460 e. The molecule has 6 nitrogen and oxygen atoms in total. The molecule has 0 saturated heterocycles. The van der Waals surface area contributed by atoms with Gasteiger partial charge in [-0.05, 0) is 24.6 Å². The van der Waals surface area contributed by atoms with Crippen molar-refractivity contribution in [3.8, 4) is 0 Å². The van der Waals surface area contributed by atoms with E-state index in [0.717, 1.165) is 11.3 Å². The molecule has 0 radical (unpaired) electrons. The van der Waals surface area contributed by atoms with Gasteiger partial charge in [0.25, 0.3) is 5.69 Å². The van der Waals surface area contributed by atoms with Crippen molar-refractivity contribution in [2.75, 3.05) is 18.1 Å². The fourth-order valence-electron chi connectivity index (χ4n) is 2.26. The minimum atomic E-state index is -0.431. The molecule has 0 aromatic heterocycles. The van der Waals surface area contributed by atoms with Gasteiger partial charge in [0.05, 0.1) is 11.5 Å². The van der Waals surface area contributed by atoms with Crippen LogP contribution in [0, 0.1) is 10.1 Å². The predicted molar refractivity (Wildman–Crippen MR) is 96.4 cm³/mol. The number of benzene rings is 2. The first-order chi connectivity index (χ1) is 12.0. The predicted octanol–water partition coefficient (Wildman–Crippen LogP) is 3.72. The lowest BCUT2D eigenvalue weighted by molar-refractivity contribution is -0.384. The fraction of sp³-hybridized carbons (Fsp3) is 0.211. The Kier molecular flexibility index (Phi) is 6.28. The second-order valence-electron chi connectivity index (χ2n) is 5.60. The summed E-state index contributed by atoms with van der Waals surface area (Å²) in [6.45, 7) is 6.42. The molecule has 2 rings (SSSR count). The molecule has 0 saturated carbocycles. The van der Waals surface area contributed by atoms with Gasteiger partial charge in [-0.15, -0.1) is 0 Å². The van der Waals surface area contributed by atoms with Crippen LogP contribution in [0.5, 0.6) is 0 Å². The minimum absolute atomic E-state index is 0.0390. The zero-order valence-corrected chi connectivity index (χ0v) is 14.1. The Labute approximate surface area is 146 Å². The molecule has 0 unspecified atom stereocenters. The maximum atomic E-state index is 11.5. The number of nitrogens with zero attached hydrogens (tertiary/aromatic N) is 2. The Morgan fingerprint density at radius 3 is 2.36 bits per heavy atom. The van der Waals surface area contributed by atoms with E-state index in [1.807, 2.05) is 35.2 Å². The highest BCUT2D eigenvalue weighted by Crippen LogP contribution is 2.21. The number of rotatable bonds is 8. The highest BCUT2D eigenvalue weighted by atomic mass is 16.6. The van der Waals surface area contributed by atoms with E-state index in [1.165, 1.54) is 12.1 Å². The summed E-state index contributed by atoms with van der Waals surface area (Å²) in [4.78, 5) is 23.9. The molecule has 0 heterocycles. The van der Waals surface area contributed by atoms with E-state index in [0.29, 0.717) is 18.7 Å². The Hall–Kier alpha value is -3.15. The smallest absolute Gasteiger partial charge is 0.333 e. The van der Waals surface area contributed by atoms with Gasteiger partial charge in [0.15, 0.2) is 0 Å². The number of non-ortho nitro benzene ring substituents is 1. The number of esters is 1. The summed E-state index contributed by atoms with van der Waals surface area (Å²) in [7, 11) is 0. The van der Waals surface area contributed by atoms with Gasteiger partial charge in [0.2, 0.25) is 0 Å². The number of carbonyl (C=O) groups is 1. The molecular weight excluding hydrogens is 320 g/mol. The van der Waals surface area contributed by atoms with Gasteiger partial charge < -0.3 is 9.64 Å². The van der Waals surface area contributed by atoms with Crippen LogP contribution in [-0.2, 0) is 16.1 Å². The Morgan fingerprint density at radius 2 is 1.80 bits per heavy atom. The van der Waals surface area contributed by atoms with Crippen molar-refractivity contribution < 1.29 is 14.5 Å². The summed E-state index contributed by atoms with van der Waals surface area (Å²) < 4.78 is 5.17. The van der Waals surface area contributed by atoms with Crippen molar-refractivity contribution in [3.63, 3.8) is 0 Å². The van der Waals surface area contributed by atoms with E-state index in [-0.39, 0.29) is 12.3 Å². The van der Waals surface area contributed by atoms with Crippen LogP contribution < -0.4 is 4.90 Å². The third-order valence-electron chi connectivity index (χ3n) is 3.58. The van der Waals surface area contributed by atoms with Gasteiger partial charge >= 0.3 is 5.97 Å². The molecule has 0 spiro atoms. The molecular formula is C19H20N2O4. The van der Waals surface area contributed by atoms with Gasteiger partial charge in [0, 0.05) is 29.9 Å². The first-order valence-corrected chi connectivity index (χ1v) is 7.83. The van der Waals surface area contributed by atoms with Gasteiger partial charge in [0.1, 0.15) is 6.61 Å². The van der Waals surface area contributed by atoms with E-state index in [9.17, 15) is 14.9 Å². The zero-order chi connectivity index (χ0) is 18.2. The molecule has 0 atom stereocenters. The van der Waals surface area contributed by atoms with E-state index in [1.54, 1.807) is 19.1 Å². The first kappa shape index (κ1) is 18.2. The molecule has 0 N–H and O–H groups in total. The van der Waals surface area contributed by atoms with Crippen molar-refractivity contribution in [1.29, 1.82) is 0 Å². The van der Waals surface area contributed by atoms with Crippen LogP contribution in [0.1, 0.15) is 12.5 Å². The number of carbonyl (C=O) groups excluding carboxylic acids is 1. The van der Waals surface area contributed by atoms with Gasteiger partial charge in [-0.2, -0.15) is 0 Å². The van der Waals surface area contributed by atoms with Crippen LogP contribution in [0.3, 0.4) is 0 Å². The summed E-state index contributed by atoms with van der Waals surface area (Å²) in [6.07, 6.45) is 0. The number of hydrogen-bond donors (Lipinski definition) is 0. The van der Waals surface area contributed by atoms with Crippen LogP contribution in [0.4, 0.5) is 11.4 Å². The topological polar surface area (TPSA) is 72.7 Å². The van der Waals surface area contributed by atoms with Crippen LogP contribution >= 0.6 is 0 Å². The quantitative estimate of drug-likeness (QED) is 0.317. The Bertz CT molecular complexity index is 742. The maximum Gasteiger partial charge on any atom is 0.333 e. The Balaban J connectivity index is 2.12. The van der Waals surface area contributed by atoms with E-state index >= 15 is 0 Å². The molecule has 6 heteroatoms. The second-order valence-corrected chi connectivity index (χ2v) is 5.60. The summed E-state index contributed by atoms with van der Waals surface area (Å²) in [6, 6.07) is 16.2. The average molecular weight is 340 g/mol. The molecule has 25 heavy (non-hydrogen) atoms. The number of anilines is 1. The average Bonchev–Trinajstić information content (AvgIpc) is 2.61. The highest BCUT2D eigenvalue weighted by Gasteiger charge is 2.12. The summed E-state index contributed by atoms with van der Waals surface area (Å²) in [5.41, 5.74) is 2.30. The standard InChI is InChI=1S/C19H20N2O4/c1-15(2)19(22)25-13-12-20(14-16-6-4-3-5-7-16)17-8-10-18(11-9-17)21(23)24/h3-11H,1,12-14H2,2H3. The largest absolute Gasteiger partial charge is 0.460 e. The zero-order valence-electron chi connectivity index (χ0n) is 14.1. The number of nitro groups is 1. The van der Waals surface area contributed by atoms with Crippen molar-refractivity contribution in [3.05, 3.63) is 82.4 Å². The molecule has 0 aliphatic rings. The lowest BCUT2D eigenvalue weighted by atomic mass is 10.2. The number of nitro benzene ring substituents is 1. The maximum absolute atomic E-state index is 11.5. The van der Waals surface area contributed by atoms with E-state index < -0.39 is 10.9 Å². The highest BCUT2D eigenvalue weighted by molar-refractivity contribution is 5.86. The normalized spacial score (nSPS) is 10.1. The van der Waals surface area contributed by atoms with Crippen LogP contribution in [0.2, 0.25) is 0 Å². The van der Waals surface area contributed by atoms with Gasteiger partial charge in [-0.3, -0.25) is 10.1 Å². The monoisotopic (exact) mass is 340 g/mol. The molecule has 0 amide bonds. The van der Waals surface area contributed by atoms with Gasteiger partial charge in [-0.1, -0.05) is 36.9 Å². The SMILES string of the molecule is C=C(C)C(=O)OCCN(Cc1ccccc1)c1ccc([N+](=O)[O-])cc1. The molecule has 2 aromatic carbocycles. The van der Waals surface area contributed by atoms with Crippen LogP contribution in [0.25, 0.3) is 0 Å². The third kappa shape index (κ3) is 5.46. The fourth-order valence-corrected chi connectivity index (χ4v) is 2.26. The summed E-state index contributed by atoms with van der Waals surface area (Å²) in [5.74, 6) is -0.427. The van der Waals surface area contributed by atoms with Crippen molar-refractivity contribution >= 4 is 17.3 Å². The van der Waals surface area contributed by atoms with Crippen LogP contribution in [-0.4, -0.2) is 24.0 Å². The van der Waals surface area contributed by atoms with Gasteiger partial charge in [-0.25, -0.2) is 4.79 Å². The first-order valence-electron chi connectivity index (χ1n) is 7.83. The number of ether oxygens (including phenoxy) is 1. The third-order valence-corrected chi connectivity index (χ3v) is 3.58.